The van der Waals surface area contributed by atoms with E-state index >= 15 is 0 Å². The number of carbonyl (C=O) groups excluding carboxylic acids is 1. The van der Waals surface area contributed by atoms with Crippen LogP contribution in [0.5, 0.6) is 5.75 Å². The SMILES string of the molecule is CC(CCCN)NC(=O)c1c(O)cccc1F. The monoisotopic (exact) mass is 240 g/mol. The molecule has 4 N–H and O–H groups in total. The Hall–Kier alpha value is -1.62. The molecule has 0 aliphatic carbocycles. The molecule has 1 amide bonds. The molecule has 0 aliphatic rings. The summed E-state index contributed by atoms with van der Waals surface area (Å²) in [4.78, 5) is 11.7. The molecule has 1 atom stereocenters. The van der Waals surface area contributed by atoms with E-state index in [9.17, 15) is 14.3 Å². The van der Waals surface area contributed by atoms with Crippen molar-refractivity contribution < 1.29 is 14.3 Å². The van der Waals surface area contributed by atoms with E-state index in [0.717, 1.165) is 18.9 Å². The summed E-state index contributed by atoms with van der Waals surface area (Å²) in [5, 5.41) is 12.0. The highest BCUT2D eigenvalue weighted by molar-refractivity contribution is 5.97. The van der Waals surface area contributed by atoms with Gasteiger partial charge in [-0.1, -0.05) is 6.07 Å². The van der Waals surface area contributed by atoms with E-state index in [0.29, 0.717) is 6.54 Å². The van der Waals surface area contributed by atoms with Gasteiger partial charge in [-0.2, -0.15) is 0 Å². The Kier molecular flexibility index (Phi) is 4.90. The van der Waals surface area contributed by atoms with E-state index in [-0.39, 0.29) is 17.4 Å². The Balaban J connectivity index is 2.70. The van der Waals surface area contributed by atoms with E-state index in [2.05, 4.69) is 5.32 Å². The van der Waals surface area contributed by atoms with Crippen molar-refractivity contribution in [3.63, 3.8) is 0 Å². The lowest BCUT2D eigenvalue weighted by atomic mass is 10.1. The Morgan fingerprint density at radius 2 is 2.29 bits per heavy atom. The molecular formula is C12H17FN2O2. The fraction of sp³-hybridized carbons (Fsp3) is 0.417. The summed E-state index contributed by atoms with van der Waals surface area (Å²) in [6.07, 6.45) is 1.50. The maximum atomic E-state index is 13.4. The second-order valence-corrected chi connectivity index (χ2v) is 3.94. The average molecular weight is 240 g/mol. The predicted octanol–water partition coefficient (Wildman–Crippen LogP) is 1.39. The summed E-state index contributed by atoms with van der Waals surface area (Å²) in [5.74, 6) is -1.69. The Morgan fingerprint density at radius 1 is 1.59 bits per heavy atom. The van der Waals surface area contributed by atoms with Gasteiger partial charge in [0.1, 0.15) is 17.1 Å². The molecule has 1 aromatic carbocycles. The molecule has 0 spiro atoms. The number of hydrogen-bond acceptors (Lipinski definition) is 3. The van der Waals surface area contributed by atoms with Crippen LogP contribution in [0.3, 0.4) is 0 Å². The van der Waals surface area contributed by atoms with Gasteiger partial charge in [-0.3, -0.25) is 4.79 Å². The highest BCUT2D eigenvalue weighted by Gasteiger charge is 2.17. The van der Waals surface area contributed by atoms with Gasteiger partial charge in [-0.25, -0.2) is 4.39 Å². The quantitative estimate of drug-likeness (QED) is 0.728. The van der Waals surface area contributed by atoms with Crippen molar-refractivity contribution in [2.24, 2.45) is 5.73 Å². The van der Waals surface area contributed by atoms with Gasteiger partial charge in [-0.15, -0.1) is 0 Å². The number of hydrogen-bond donors (Lipinski definition) is 3. The van der Waals surface area contributed by atoms with Crippen LogP contribution in [0.15, 0.2) is 18.2 Å². The van der Waals surface area contributed by atoms with E-state index < -0.39 is 11.7 Å². The smallest absolute Gasteiger partial charge is 0.258 e. The molecular weight excluding hydrogens is 223 g/mol. The molecule has 0 bridgehead atoms. The first-order valence-electron chi connectivity index (χ1n) is 5.54. The Labute approximate surface area is 99.6 Å². The van der Waals surface area contributed by atoms with Crippen molar-refractivity contribution in [2.75, 3.05) is 6.54 Å². The molecule has 0 radical (unpaired) electrons. The number of amides is 1. The number of phenolic OH excluding ortho intramolecular Hbond substituents is 1. The zero-order chi connectivity index (χ0) is 12.8. The average Bonchev–Trinajstić information content (AvgIpc) is 2.26. The number of rotatable bonds is 5. The molecule has 1 rings (SSSR count). The lowest BCUT2D eigenvalue weighted by Gasteiger charge is -2.14. The van der Waals surface area contributed by atoms with Crippen LogP contribution in [-0.2, 0) is 0 Å². The number of nitrogens with one attached hydrogen (secondary N) is 1. The lowest BCUT2D eigenvalue weighted by Crippen LogP contribution is -2.33. The first-order chi connectivity index (χ1) is 8.06. The fourth-order valence-electron chi connectivity index (χ4n) is 1.53. The van der Waals surface area contributed by atoms with Gasteiger partial charge in [0.2, 0.25) is 0 Å². The van der Waals surface area contributed by atoms with Crippen molar-refractivity contribution >= 4 is 5.91 Å². The molecule has 0 saturated heterocycles. The van der Waals surface area contributed by atoms with Gasteiger partial charge in [0.15, 0.2) is 0 Å². The third-order valence-electron chi connectivity index (χ3n) is 2.44. The molecule has 17 heavy (non-hydrogen) atoms. The maximum absolute atomic E-state index is 13.4. The molecule has 0 aromatic heterocycles. The highest BCUT2D eigenvalue weighted by Crippen LogP contribution is 2.19. The molecule has 1 aromatic rings. The van der Waals surface area contributed by atoms with Crippen LogP contribution in [0.1, 0.15) is 30.1 Å². The molecule has 0 saturated carbocycles. The second-order valence-electron chi connectivity index (χ2n) is 3.94. The molecule has 5 heteroatoms. The molecule has 0 fully saturated rings. The third-order valence-corrected chi connectivity index (χ3v) is 2.44. The fourth-order valence-corrected chi connectivity index (χ4v) is 1.53. The number of phenols is 1. The first-order valence-corrected chi connectivity index (χ1v) is 5.54. The number of halogens is 1. The first kappa shape index (κ1) is 13.4. The van der Waals surface area contributed by atoms with Gasteiger partial charge in [0.25, 0.3) is 5.91 Å². The van der Waals surface area contributed by atoms with Crippen LogP contribution in [0.25, 0.3) is 0 Å². The molecule has 1 unspecified atom stereocenters. The van der Waals surface area contributed by atoms with Crippen LogP contribution in [0.4, 0.5) is 4.39 Å². The van der Waals surface area contributed by atoms with Crippen molar-refractivity contribution in [1.29, 1.82) is 0 Å². The summed E-state index contributed by atoms with van der Waals surface area (Å²) in [6.45, 7) is 2.36. The number of aromatic hydroxyl groups is 1. The van der Waals surface area contributed by atoms with Gasteiger partial charge in [0.05, 0.1) is 0 Å². The predicted molar refractivity (Wildman–Crippen MR) is 63.3 cm³/mol. The zero-order valence-electron chi connectivity index (χ0n) is 9.74. The maximum Gasteiger partial charge on any atom is 0.258 e. The van der Waals surface area contributed by atoms with E-state index in [1.54, 1.807) is 0 Å². The third kappa shape index (κ3) is 3.71. The van der Waals surface area contributed by atoms with Crippen LogP contribution < -0.4 is 11.1 Å². The minimum Gasteiger partial charge on any atom is -0.507 e. The lowest BCUT2D eigenvalue weighted by molar-refractivity contribution is 0.0931. The van der Waals surface area contributed by atoms with Crippen molar-refractivity contribution in [2.45, 2.75) is 25.8 Å². The second kappa shape index (κ2) is 6.20. The van der Waals surface area contributed by atoms with Gasteiger partial charge in [0, 0.05) is 6.04 Å². The standard InChI is InChI=1S/C12H17FN2O2/c1-8(4-3-7-14)15-12(17)11-9(13)5-2-6-10(11)16/h2,5-6,8,16H,3-4,7,14H2,1H3,(H,15,17). The van der Waals surface area contributed by atoms with Crippen molar-refractivity contribution in [3.8, 4) is 5.75 Å². The van der Waals surface area contributed by atoms with Gasteiger partial charge < -0.3 is 16.2 Å². The van der Waals surface area contributed by atoms with Crippen LogP contribution >= 0.6 is 0 Å². The topological polar surface area (TPSA) is 75.3 Å². The number of benzene rings is 1. The number of nitrogens with two attached hydrogens (primary N) is 1. The minimum atomic E-state index is -0.728. The van der Waals surface area contributed by atoms with Crippen LogP contribution in [-0.4, -0.2) is 23.6 Å². The van der Waals surface area contributed by atoms with E-state index in [4.69, 9.17) is 5.73 Å². The van der Waals surface area contributed by atoms with Crippen molar-refractivity contribution in [1.82, 2.24) is 5.32 Å². The van der Waals surface area contributed by atoms with Gasteiger partial charge >= 0.3 is 0 Å². The number of carbonyl (C=O) groups is 1. The molecule has 0 heterocycles. The van der Waals surface area contributed by atoms with E-state index in [1.165, 1.54) is 12.1 Å². The summed E-state index contributed by atoms with van der Waals surface area (Å²) in [5.41, 5.74) is 5.04. The summed E-state index contributed by atoms with van der Waals surface area (Å²) >= 11 is 0. The van der Waals surface area contributed by atoms with Crippen LogP contribution in [0, 0.1) is 5.82 Å². The summed E-state index contributed by atoms with van der Waals surface area (Å²) in [7, 11) is 0. The Morgan fingerprint density at radius 3 is 2.88 bits per heavy atom. The normalized spacial score (nSPS) is 12.2. The van der Waals surface area contributed by atoms with E-state index in [1.807, 2.05) is 6.92 Å². The Bertz CT molecular complexity index is 376. The summed E-state index contributed by atoms with van der Waals surface area (Å²) < 4.78 is 13.4. The molecule has 4 nitrogen and oxygen atoms in total. The molecule has 94 valence electrons. The molecule has 0 aliphatic heterocycles. The van der Waals surface area contributed by atoms with Gasteiger partial charge in [-0.05, 0) is 38.4 Å². The minimum absolute atomic E-state index is 0.106. The summed E-state index contributed by atoms with van der Waals surface area (Å²) in [6, 6.07) is 3.66. The van der Waals surface area contributed by atoms with Crippen LogP contribution in [0.2, 0.25) is 0 Å². The largest absolute Gasteiger partial charge is 0.507 e. The highest BCUT2D eigenvalue weighted by atomic mass is 19.1. The zero-order valence-corrected chi connectivity index (χ0v) is 9.74. The van der Waals surface area contributed by atoms with Crippen molar-refractivity contribution in [3.05, 3.63) is 29.6 Å².